The van der Waals surface area contributed by atoms with Crippen molar-refractivity contribution in [3.05, 3.63) is 64.2 Å². The molecule has 26 heavy (non-hydrogen) atoms. The molecule has 0 heterocycles. The first-order valence-electron chi connectivity index (χ1n) is 8.87. The molecule has 0 atom stereocenters. The molecule has 0 aliphatic rings. The van der Waals surface area contributed by atoms with Crippen LogP contribution in [-0.2, 0) is 11.2 Å². The monoisotopic (exact) mass is 384 g/mol. The van der Waals surface area contributed by atoms with Crippen LogP contribution in [0, 0.1) is 6.92 Å². The number of ether oxygens (including phenoxy) is 2. The van der Waals surface area contributed by atoms with Crippen molar-refractivity contribution in [1.29, 1.82) is 0 Å². The summed E-state index contributed by atoms with van der Waals surface area (Å²) in [5.41, 5.74) is 3.42. The molecule has 2 aromatic carbocycles. The topological polar surface area (TPSA) is 18.5 Å². The van der Waals surface area contributed by atoms with Crippen LogP contribution in [-0.4, -0.2) is 26.2 Å². The Bertz CT molecular complexity index is 630. The summed E-state index contributed by atoms with van der Waals surface area (Å²) in [6.45, 7) is 6.73. The highest BCUT2D eigenvalue weighted by molar-refractivity contribution is 6.31. The van der Waals surface area contributed by atoms with Gasteiger partial charge in [-0.05, 0) is 42.7 Å². The van der Waals surface area contributed by atoms with Crippen LogP contribution in [0.15, 0.2) is 42.5 Å². The molecule has 2 nitrogen and oxygen atoms in total. The van der Waals surface area contributed by atoms with E-state index in [1.165, 1.54) is 5.56 Å². The Labute approximate surface area is 160 Å². The van der Waals surface area contributed by atoms with E-state index in [4.69, 9.17) is 21.1 Å². The Kier molecular flexibility index (Phi) is 10.9. The maximum Gasteiger partial charge on any atom is 0.240 e. The van der Waals surface area contributed by atoms with E-state index in [1.807, 2.05) is 57.2 Å². The summed E-state index contributed by atoms with van der Waals surface area (Å²) in [6.07, 6.45) is -1.80. The summed E-state index contributed by atoms with van der Waals surface area (Å²) >= 11 is 6.22. The van der Waals surface area contributed by atoms with Gasteiger partial charge in [-0.2, -0.15) is 0 Å². The third-order valence-corrected chi connectivity index (χ3v) is 3.86. The second-order valence-corrected chi connectivity index (χ2v) is 5.96. The summed E-state index contributed by atoms with van der Waals surface area (Å²) in [7, 11) is 0. The first-order valence-corrected chi connectivity index (χ1v) is 9.25. The third-order valence-electron chi connectivity index (χ3n) is 3.50. The Morgan fingerprint density at radius 2 is 1.65 bits per heavy atom. The van der Waals surface area contributed by atoms with Crippen LogP contribution in [0.1, 0.15) is 37.0 Å². The van der Waals surface area contributed by atoms with E-state index in [2.05, 4.69) is 6.07 Å². The van der Waals surface area contributed by atoms with Crippen LogP contribution in [0.5, 0.6) is 5.75 Å². The Balaban J connectivity index is 0.00000163. The van der Waals surface area contributed by atoms with E-state index < -0.39 is 6.43 Å². The van der Waals surface area contributed by atoms with E-state index in [0.717, 1.165) is 28.3 Å². The molecule has 0 aliphatic carbocycles. The molecule has 0 spiro atoms. The van der Waals surface area contributed by atoms with Crippen molar-refractivity contribution in [3.63, 3.8) is 0 Å². The number of halogens is 3. The Morgan fingerprint density at radius 3 is 2.31 bits per heavy atom. The molecule has 2 rings (SSSR count). The molecule has 5 heteroatoms. The van der Waals surface area contributed by atoms with Gasteiger partial charge in [0.05, 0.1) is 13.2 Å². The van der Waals surface area contributed by atoms with Crippen molar-refractivity contribution >= 4 is 11.6 Å². The first kappa shape index (κ1) is 22.4. The van der Waals surface area contributed by atoms with Crippen molar-refractivity contribution < 1.29 is 18.3 Å². The molecule has 0 aromatic heterocycles. The normalized spacial score (nSPS) is 10.4. The fourth-order valence-corrected chi connectivity index (χ4v) is 2.44. The van der Waals surface area contributed by atoms with Gasteiger partial charge in [-0.1, -0.05) is 55.3 Å². The summed E-state index contributed by atoms with van der Waals surface area (Å²) in [5, 5.41) is 0.766. The van der Waals surface area contributed by atoms with E-state index in [-0.39, 0.29) is 13.0 Å². The van der Waals surface area contributed by atoms with Gasteiger partial charge in [-0.15, -0.1) is 0 Å². The molecular formula is C21H27ClF2O2. The molecular weight excluding hydrogens is 358 g/mol. The van der Waals surface area contributed by atoms with Crippen LogP contribution < -0.4 is 4.74 Å². The third kappa shape index (κ3) is 8.63. The second-order valence-electron chi connectivity index (χ2n) is 5.56. The smallest absolute Gasteiger partial charge is 0.240 e. The van der Waals surface area contributed by atoms with E-state index in [1.54, 1.807) is 0 Å². The molecule has 2 aromatic rings. The van der Waals surface area contributed by atoms with Crippen LogP contribution in [0.25, 0.3) is 0 Å². The fourth-order valence-electron chi connectivity index (χ4n) is 2.26. The van der Waals surface area contributed by atoms with Crippen LogP contribution >= 0.6 is 11.6 Å². The van der Waals surface area contributed by atoms with Crippen molar-refractivity contribution in [3.8, 4) is 5.75 Å². The largest absolute Gasteiger partial charge is 0.491 e. The summed E-state index contributed by atoms with van der Waals surface area (Å²) in [5.74, 6) is 0.728. The van der Waals surface area contributed by atoms with Crippen LogP contribution in [0.3, 0.4) is 0 Å². The van der Waals surface area contributed by atoms with Crippen LogP contribution in [0.4, 0.5) is 8.78 Å². The predicted molar refractivity (Wildman–Crippen MR) is 104 cm³/mol. The number of hydrogen-bond acceptors (Lipinski definition) is 2. The van der Waals surface area contributed by atoms with Crippen molar-refractivity contribution in [2.75, 3.05) is 19.8 Å². The molecule has 0 aliphatic heterocycles. The Morgan fingerprint density at radius 1 is 0.962 bits per heavy atom. The van der Waals surface area contributed by atoms with E-state index >= 15 is 0 Å². The molecule has 0 saturated heterocycles. The van der Waals surface area contributed by atoms with Gasteiger partial charge in [0.1, 0.15) is 12.4 Å². The summed E-state index contributed by atoms with van der Waals surface area (Å²) < 4.78 is 34.5. The molecule has 0 saturated carbocycles. The number of hydrogen-bond donors (Lipinski definition) is 0. The molecule has 144 valence electrons. The van der Waals surface area contributed by atoms with Crippen LogP contribution in [0.2, 0.25) is 5.02 Å². The Hall–Kier alpha value is -1.65. The van der Waals surface area contributed by atoms with E-state index in [9.17, 15) is 8.78 Å². The average molecular weight is 385 g/mol. The fraction of sp³-hybridized carbons (Fsp3) is 0.429. The highest BCUT2D eigenvalue weighted by Crippen LogP contribution is 2.22. The second kappa shape index (κ2) is 12.7. The van der Waals surface area contributed by atoms with Gasteiger partial charge >= 0.3 is 0 Å². The zero-order valence-corrected chi connectivity index (χ0v) is 16.4. The summed E-state index contributed by atoms with van der Waals surface area (Å²) in [6, 6.07) is 13.8. The molecule has 0 bridgehead atoms. The number of benzene rings is 2. The lowest BCUT2D eigenvalue weighted by Crippen LogP contribution is -2.09. The lowest BCUT2D eigenvalue weighted by molar-refractivity contribution is 0.0535. The van der Waals surface area contributed by atoms with Gasteiger partial charge in [0.25, 0.3) is 0 Å². The predicted octanol–water partition coefficient (Wildman–Crippen LogP) is 6.32. The van der Waals surface area contributed by atoms with Gasteiger partial charge in [0.15, 0.2) is 0 Å². The quantitative estimate of drug-likeness (QED) is 0.471. The SMILES string of the molecule is CC.Cc1ccc(Cl)c(Cc2ccc(OCCOCCC(F)F)cc2)c1. The highest BCUT2D eigenvalue weighted by Gasteiger charge is 2.04. The maximum atomic E-state index is 11.9. The molecule has 0 radical (unpaired) electrons. The number of rotatable bonds is 9. The molecule has 0 amide bonds. The highest BCUT2D eigenvalue weighted by atomic mass is 35.5. The van der Waals surface area contributed by atoms with Crippen molar-refractivity contribution in [1.82, 2.24) is 0 Å². The minimum Gasteiger partial charge on any atom is -0.491 e. The maximum absolute atomic E-state index is 11.9. The number of aryl methyl sites for hydroxylation is 1. The van der Waals surface area contributed by atoms with Gasteiger partial charge in [-0.25, -0.2) is 8.78 Å². The zero-order valence-electron chi connectivity index (χ0n) is 15.6. The standard InChI is InChI=1S/C19H21ClF2O2.C2H6/c1-14-2-7-18(20)16(12-14)13-15-3-5-17(6-4-15)24-11-10-23-9-8-19(21)22;1-2/h2-7,12,19H,8-11,13H2,1H3;1-2H3. The van der Waals surface area contributed by atoms with Crippen molar-refractivity contribution in [2.24, 2.45) is 0 Å². The minimum atomic E-state index is -2.32. The molecule has 0 unspecified atom stereocenters. The lowest BCUT2D eigenvalue weighted by atomic mass is 10.0. The molecule has 0 N–H and O–H groups in total. The van der Waals surface area contributed by atoms with E-state index in [0.29, 0.717) is 13.2 Å². The lowest BCUT2D eigenvalue weighted by Gasteiger charge is -2.09. The van der Waals surface area contributed by atoms with Gasteiger partial charge in [0.2, 0.25) is 6.43 Å². The van der Waals surface area contributed by atoms with Crippen molar-refractivity contribution in [2.45, 2.75) is 40.0 Å². The first-order chi connectivity index (χ1) is 12.5. The minimum absolute atomic E-state index is 0.0528. The average Bonchev–Trinajstić information content (AvgIpc) is 2.64. The molecule has 0 fully saturated rings. The van der Waals surface area contributed by atoms with Gasteiger partial charge in [-0.3, -0.25) is 0 Å². The number of alkyl halides is 2. The zero-order chi connectivity index (χ0) is 19.4. The summed E-state index contributed by atoms with van der Waals surface area (Å²) in [4.78, 5) is 0. The van der Waals surface area contributed by atoms with Gasteiger partial charge in [0, 0.05) is 11.4 Å². The van der Waals surface area contributed by atoms with Gasteiger partial charge < -0.3 is 9.47 Å².